The second kappa shape index (κ2) is 13.3. The Balaban J connectivity index is 1.07. The fraction of sp³-hybridized carbons (Fsp3) is 0.429. The number of pyridine rings is 1. The number of carbonyl (C=O) groups excluding carboxylic acids is 3. The maximum Gasteiger partial charge on any atom is 0.254 e. The minimum absolute atomic E-state index is 0.0176. The molecule has 0 radical (unpaired) electrons. The number of rotatable bonds is 5. The Morgan fingerprint density at radius 3 is 1.62 bits per heavy atom. The van der Waals surface area contributed by atoms with Crippen molar-refractivity contribution in [3.63, 3.8) is 0 Å². The molecule has 3 aliphatic rings. The summed E-state index contributed by atoms with van der Waals surface area (Å²) in [5.41, 5.74) is 3.39. The van der Waals surface area contributed by atoms with Crippen LogP contribution >= 0.6 is 0 Å². The van der Waals surface area contributed by atoms with Crippen LogP contribution in [0.15, 0.2) is 60.7 Å². The monoisotopic (exact) mass is 611 g/mol. The van der Waals surface area contributed by atoms with E-state index in [1.165, 1.54) is 0 Å². The lowest BCUT2D eigenvalue weighted by Crippen LogP contribution is -2.55. The molecule has 0 bridgehead atoms. The molecule has 45 heavy (non-hydrogen) atoms. The normalized spacial score (nSPS) is 18.6. The zero-order valence-corrected chi connectivity index (χ0v) is 25.8. The van der Waals surface area contributed by atoms with Gasteiger partial charge in [-0.05, 0) is 86.3 Å². The van der Waals surface area contributed by atoms with Gasteiger partial charge in [-0.25, -0.2) is 4.98 Å². The summed E-state index contributed by atoms with van der Waals surface area (Å²) in [4.78, 5) is 51.6. The first kappa shape index (κ1) is 30.6. The van der Waals surface area contributed by atoms with Crippen LogP contribution in [0.25, 0.3) is 22.5 Å². The number of likely N-dealkylation sites (tertiary alicyclic amines) is 2. The van der Waals surface area contributed by atoms with Crippen LogP contribution < -0.4 is 0 Å². The maximum absolute atomic E-state index is 13.8. The van der Waals surface area contributed by atoms with Crippen molar-refractivity contribution in [1.29, 1.82) is 0 Å². The zero-order valence-electron chi connectivity index (χ0n) is 25.8. The van der Waals surface area contributed by atoms with Gasteiger partial charge in [0, 0.05) is 87.9 Å². The smallest absolute Gasteiger partial charge is 0.254 e. The van der Waals surface area contributed by atoms with Crippen LogP contribution in [0.3, 0.4) is 0 Å². The van der Waals surface area contributed by atoms with Crippen LogP contribution in [0.5, 0.6) is 11.5 Å². The van der Waals surface area contributed by atoms with E-state index in [0.29, 0.717) is 49.2 Å². The molecule has 2 aromatic carbocycles. The van der Waals surface area contributed by atoms with E-state index in [1.54, 1.807) is 55.5 Å². The largest absolute Gasteiger partial charge is 0.508 e. The molecule has 0 saturated carbocycles. The third kappa shape index (κ3) is 6.96. The van der Waals surface area contributed by atoms with E-state index in [1.807, 2.05) is 26.8 Å². The van der Waals surface area contributed by atoms with Gasteiger partial charge in [-0.2, -0.15) is 0 Å². The number of hydrogen-bond donors (Lipinski definition) is 2. The fourth-order valence-corrected chi connectivity index (χ4v) is 6.84. The number of amides is 3. The summed E-state index contributed by atoms with van der Waals surface area (Å²) in [6, 6.07) is 17.5. The van der Waals surface area contributed by atoms with Gasteiger partial charge in [-0.1, -0.05) is 0 Å². The van der Waals surface area contributed by atoms with Gasteiger partial charge in [0.05, 0.1) is 11.4 Å². The van der Waals surface area contributed by atoms with Crippen molar-refractivity contribution in [1.82, 2.24) is 24.6 Å². The van der Waals surface area contributed by atoms with Crippen LogP contribution in [0.1, 0.15) is 43.0 Å². The van der Waals surface area contributed by atoms with Crippen LogP contribution in [0, 0.1) is 5.92 Å². The summed E-state index contributed by atoms with van der Waals surface area (Å²) in [6.45, 7) is 7.26. The van der Waals surface area contributed by atoms with E-state index in [0.717, 1.165) is 63.0 Å². The van der Waals surface area contributed by atoms with Gasteiger partial charge in [0.25, 0.3) is 5.91 Å². The Morgan fingerprint density at radius 2 is 1.13 bits per heavy atom. The Bertz CT molecular complexity index is 1460. The molecule has 4 heterocycles. The van der Waals surface area contributed by atoms with Crippen molar-refractivity contribution in [2.75, 3.05) is 52.4 Å². The van der Waals surface area contributed by atoms with E-state index in [9.17, 15) is 24.6 Å². The van der Waals surface area contributed by atoms with E-state index in [4.69, 9.17) is 4.98 Å². The number of aromatic hydroxyl groups is 2. The van der Waals surface area contributed by atoms with Gasteiger partial charge in [-0.15, -0.1) is 0 Å². The van der Waals surface area contributed by atoms with E-state index >= 15 is 0 Å². The molecular weight excluding hydrogens is 570 g/mol. The maximum atomic E-state index is 13.8. The second-order valence-electron chi connectivity index (χ2n) is 12.4. The van der Waals surface area contributed by atoms with Gasteiger partial charge < -0.3 is 24.9 Å². The molecule has 2 N–H and O–H groups in total. The first-order valence-corrected chi connectivity index (χ1v) is 15.9. The quantitative estimate of drug-likeness (QED) is 0.450. The molecule has 3 amide bonds. The number of phenolic OH excluding ortho intramolecular Hbond substituents is 2. The molecule has 3 aliphatic heterocycles. The van der Waals surface area contributed by atoms with Crippen molar-refractivity contribution in [3.8, 4) is 34.0 Å². The molecule has 10 heteroatoms. The van der Waals surface area contributed by atoms with Crippen molar-refractivity contribution >= 4 is 17.7 Å². The highest BCUT2D eigenvalue weighted by molar-refractivity contribution is 5.96. The fourth-order valence-electron chi connectivity index (χ4n) is 6.84. The highest BCUT2D eigenvalue weighted by Gasteiger charge is 2.34. The predicted octanol–water partition coefficient (Wildman–Crippen LogP) is 3.83. The van der Waals surface area contributed by atoms with Crippen molar-refractivity contribution in [2.45, 2.75) is 38.6 Å². The lowest BCUT2D eigenvalue weighted by molar-refractivity contribution is -0.141. The third-order valence-corrected chi connectivity index (χ3v) is 9.58. The second-order valence-corrected chi connectivity index (χ2v) is 12.4. The number of benzene rings is 2. The number of nitrogens with zero attached hydrogens (tertiary/aromatic N) is 5. The topological polar surface area (TPSA) is 118 Å². The van der Waals surface area contributed by atoms with E-state index < -0.39 is 0 Å². The Morgan fingerprint density at radius 1 is 0.644 bits per heavy atom. The molecule has 0 atom stereocenters. The SMILES string of the molecule is CC(=O)N1CCC(C(=O)N2CCC(N3CCN(C(=O)c4cc(-c5ccc(O)cc5)nc(-c5ccc(O)cc5)c4)CC3)CC2)CC1. The highest BCUT2D eigenvalue weighted by atomic mass is 16.3. The van der Waals surface area contributed by atoms with Gasteiger partial charge in [0.15, 0.2) is 0 Å². The molecule has 10 nitrogen and oxygen atoms in total. The van der Waals surface area contributed by atoms with Gasteiger partial charge in [0.2, 0.25) is 11.8 Å². The number of aromatic nitrogens is 1. The van der Waals surface area contributed by atoms with E-state index in [-0.39, 0.29) is 35.1 Å². The summed E-state index contributed by atoms with van der Waals surface area (Å²) < 4.78 is 0. The summed E-state index contributed by atoms with van der Waals surface area (Å²) in [5, 5.41) is 19.5. The minimum atomic E-state index is -0.0478. The van der Waals surface area contributed by atoms with Crippen LogP contribution in [0.2, 0.25) is 0 Å². The van der Waals surface area contributed by atoms with Gasteiger partial charge >= 0.3 is 0 Å². The Labute approximate surface area is 263 Å². The third-order valence-electron chi connectivity index (χ3n) is 9.58. The van der Waals surface area contributed by atoms with Crippen LogP contribution in [-0.4, -0.2) is 111 Å². The molecule has 0 spiro atoms. The molecular formula is C35H41N5O5. The highest BCUT2D eigenvalue weighted by Crippen LogP contribution is 2.29. The summed E-state index contributed by atoms with van der Waals surface area (Å²) >= 11 is 0. The number of piperazine rings is 1. The standard InChI is InChI=1S/C35H41N5O5/c1-24(41)37-14-10-27(11-15-37)34(44)39-16-12-29(13-17-39)38-18-20-40(21-19-38)35(45)28-22-32(25-2-6-30(42)7-3-25)36-33(23-28)26-4-8-31(43)9-5-26/h2-9,22-23,27,29,42-43H,10-21H2,1H3. The number of phenols is 2. The molecule has 236 valence electrons. The molecule has 3 fully saturated rings. The molecule has 6 rings (SSSR count). The molecule has 1 aromatic heterocycles. The summed E-state index contributed by atoms with van der Waals surface area (Å²) in [6.07, 6.45) is 3.36. The van der Waals surface area contributed by atoms with Gasteiger partial charge in [0.1, 0.15) is 11.5 Å². The lowest BCUT2D eigenvalue weighted by atomic mass is 9.93. The van der Waals surface area contributed by atoms with Crippen molar-refractivity contribution in [2.24, 2.45) is 5.92 Å². The predicted molar refractivity (Wildman–Crippen MR) is 170 cm³/mol. The van der Waals surface area contributed by atoms with Gasteiger partial charge in [-0.3, -0.25) is 19.3 Å². The van der Waals surface area contributed by atoms with Crippen molar-refractivity contribution in [3.05, 3.63) is 66.2 Å². The molecule has 3 saturated heterocycles. The minimum Gasteiger partial charge on any atom is -0.508 e. The van der Waals surface area contributed by atoms with E-state index in [2.05, 4.69) is 4.90 Å². The van der Waals surface area contributed by atoms with Crippen molar-refractivity contribution < 1.29 is 24.6 Å². The average molecular weight is 612 g/mol. The number of piperidine rings is 2. The summed E-state index contributed by atoms with van der Waals surface area (Å²) in [5.74, 6) is 0.611. The zero-order chi connectivity index (χ0) is 31.5. The van der Waals surface area contributed by atoms with Crippen LogP contribution in [-0.2, 0) is 9.59 Å². The van der Waals surface area contributed by atoms with Crippen LogP contribution in [0.4, 0.5) is 0 Å². The molecule has 0 aliphatic carbocycles. The lowest BCUT2D eigenvalue weighted by Gasteiger charge is -2.43. The molecule has 3 aromatic rings. The Kier molecular flexibility index (Phi) is 9.02. The number of hydrogen-bond acceptors (Lipinski definition) is 7. The Hall–Kier alpha value is -4.44. The molecule has 0 unspecified atom stereocenters. The summed E-state index contributed by atoms with van der Waals surface area (Å²) in [7, 11) is 0. The number of carbonyl (C=O) groups is 3. The average Bonchev–Trinajstić information content (AvgIpc) is 3.08. The first-order chi connectivity index (χ1) is 21.7. The first-order valence-electron chi connectivity index (χ1n) is 15.9.